The number of anilines is 2. The number of ether oxygens (including phenoxy) is 1. The van der Waals surface area contributed by atoms with Gasteiger partial charge >= 0.3 is 5.97 Å². The number of aromatic nitrogens is 5. The first kappa shape index (κ1) is 20.8. The number of nitrogens with zero attached hydrogens (tertiary/aromatic N) is 6. The van der Waals surface area contributed by atoms with Gasteiger partial charge in [-0.15, -0.1) is 0 Å². The van der Waals surface area contributed by atoms with E-state index in [0.717, 1.165) is 17.4 Å². The Morgan fingerprint density at radius 1 is 1.30 bits per heavy atom. The molecular weight excluding hydrogens is 446 g/mol. The Kier molecular flexibility index (Phi) is 5.13. The van der Waals surface area contributed by atoms with Crippen LogP contribution in [0.5, 0.6) is 5.75 Å². The average Bonchev–Trinajstić information content (AvgIpc) is 3.30. The van der Waals surface area contributed by atoms with Gasteiger partial charge in [-0.3, -0.25) is 9.36 Å². The molecule has 1 aliphatic heterocycles. The number of aryl methyl sites for hydroxylation is 1. The quantitative estimate of drug-likeness (QED) is 0.435. The molecule has 168 valence electrons. The molecule has 12 heteroatoms. The predicted octanol–water partition coefficient (Wildman–Crippen LogP) is 1.95. The smallest absolute Gasteiger partial charge is 0.341 e. The van der Waals surface area contributed by atoms with Crippen LogP contribution in [-0.2, 0) is 0 Å². The molecule has 0 saturated carbocycles. The largest absolute Gasteiger partial charge is 0.495 e. The Balaban J connectivity index is 1.47. The summed E-state index contributed by atoms with van der Waals surface area (Å²) >= 11 is 1.09. The zero-order chi connectivity index (χ0) is 23.1. The second kappa shape index (κ2) is 8.13. The lowest BCUT2D eigenvalue weighted by Gasteiger charge is -2.40. The van der Waals surface area contributed by atoms with Gasteiger partial charge in [0.05, 0.1) is 24.7 Å². The third kappa shape index (κ3) is 3.74. The summed E-state index contributed by atoms with van der Waals surface area (Å²) in [5, 5.41) is 13.6. The molecule has 0 atom stereocenters. The highest BCUT2D eigenvalue weighted by Gasteiger charge is 2.29. The van der Waals surface area contributed by atoms with E-state index in [0.29, 0.717) is 41.0 Å². The number of carboxylic acids is 1. The normalized spacial score (nSPS) is 13.7. The number of hydrogen-bond acceptors (Lipinski definition) is 10. The van der Waals surface area contributed by atoms with Crippen LogP contribution in [0.2, 0.25) is 0 Å². The van der Waals surface area contributed by atoms with E-state index in [1.807, 2.05) is 18.2 Å². The van der Waals surface area contributed by atoms with Crippen LogP contribution in [0.1, 0.15) is 15.9 Å². The third-order valence-corrected chi connectivity index (χ3v) is 6.12. The van der Waals surface area contributed by atoms with E-state index in [4.69, 9.17) is 9.72 Å². The first-order valence-electron chi connectivity index (χ1n) is 10.0. The molecule has 33 heavy (non-hydrogen) atoms. The van der Waals surface area contributed by atoms with Crippen molar-refractivity contribution in [3.63, 3.8) is 0 Å². The summed E-state index contributed by atoms with van der Waals surface area (Å²) in [4.78, 5) is 39.8. The van der Waals surface area contributed by atoms with E-state index in [1.165, 1.54) is 17.1 Å². The van der Waals surface area contributed by atoms with Crippen LogP contribution in [0.3, 0.4) is 0 Å². The number of carboxylic acid groups (broad SMARTS) is 1. The fraction of sp³-hybridized carbons (Fsp3) is 0.238. The summed E-state index contributed by atoms with van der Waals surface area (Å²) in [6, 6.07) is 5.70. The standard InChI is InChI=1S/C21H19N7O4S/c1-11-5-16(27-7-12(8-27)25-15-4-3-13(32-2)6-22-15)26-19-17(11)18(29)14(20(30)31)9-28(19)21-23-10-24-33-21/h3-6,9-10,12H,7-8H2,1-2H3,(H,22,25)(H,30,31). The van der Waals surface area contributed by atoms with E-state index >= 15 is 0 Å². The van der Waals surface area contributed by atoms with Gasteiger partial charge in [0.2, 0.25) is 10.6 Å². The van der Waals surface area contributed by atoms with Crippen LogP contribution in [0, 0.1) is 6.92 Å². The summed E-state index contributed by atoms with van der Waals surface area (Å²) in [7, 11) is 1.60. The SMILES string of the molecule is COc1ccc(NC2CN(c3cc(C)c4c(=O)c(C(=O)O)cn(-c5ncns5)c4n3)C2)nc1. The van der Waals surface area contributed by atoms with Gasteiger partial charge in [-0.25, -0.2) is 19.7 Å². The second-order valence-electron chi connectivity index (χ2n) is 7.60. The number of methoxy groups -OCH3 is 1. The van der Waals surface area contributed by atoms with E-state index in [1.54, 1.807) is 20.2 Å². The summed E-state index contributed by atoms with van der Waals surface area (Å²) < 4.78 is 10.6. The van der Waals surface area contributed by atoms with Gasteiger partial charge in [0.25, 0.3) is 0 Å². The van der Waals surface area contributed by atoms with Crippen LogP contribution < -0.4 is 20.4 Å². The highest BCUT2D eigenvalue weighted by molar-refractivity contribution is 7.08. The average molecular weight is 465 g/mol. The molecule has 11 nitrogen and oxygen atoms in total. The number of pyridine rings is 3. The minimum atomic E-state index is -1.30. The van der Waals surface area contributed by atoms with E-state index in [9.17, 15) is 14.7 Å². The monoisotopic (exact) mass is 465 g/mol. The fourth-order valence-electron chi connectivity index (χ4n) is 3.76. The Morgan fingerprint density at radius 3 is 2.76 bits per heavy atom. The minimum absolute atomic E-state index is 0.184. The van der Waals surface area contributed by atoms with E-state index < -0.39 is 11.4 Å². The molecule has 4 aromatic heterocycles. The predicted molar refractivity (Wildman–Crippen MR) is 123 cm³/mol. The molecule has 0 aliphatic carbocycles. The fourth-order valence-corrected chi connectivity index (χ4v) is 4.27. The lowest BCUT2D eigenvalue weighted by molar-refractivity contribution is 0.0695. The molecule has 2 N–H and O–H groups in total. The molecule has 0 radical (unpaired) electrons. The Labute approximate surface area is 191 Å². The van der Waals surface area contributed by atoms with Crippen LogP contribution in [0.4, 0.5) is 11.6 Å². The van der Waals surface area contributed by atoms with Gasteiger partial charge in [-0.1, -0.05) is 0 Å². The number of rotatable bonds is 6. The number of fused-ring (bicyclic) bond motifs is 1. The molecular formula is C21H19N7O4S. The summed E-state index contributed by atoms with van der Waals surface area (Å²) in [6.45, 7) is 3.17. The van der Waals surface area contributed by atoms with Crippen LogP contribution in [0.15, 0.2) is 41.7 Å². The molecule has 0 amide bonds. The zero-order valence-corrected chi connectivity index (χ0v) is 18.5. The molecule has 5 heterocycles. The summed E-state index contributed by atoms with van der Waals surface area (Å²) in [6.07, 6.45) is 4.30. The molecule has 0 unspecified atom stereocenters. The van der Waals surface area contributed by atoms with Gasteiger partial charge in [-0.05, 0) is 30.7 Å². The number of hydrogen-bond donors (Lipinski definition) is 2. The molecule has 4 aromatic rings. The van der Waals surface area contributed by atoms with Crippen molar-refractivity contribution in [2.24, 2.45) is 0 Å². The minimum Gasteiger partial charge on any atom is -0.495 e. The Bertz CT molecular complexity index is 1400. The number of carbonyl (C=O) groups is 1. The van der Waals surface area contributed by atoms with Crippen molar-refractivity contribution in [2.75, 3.05) is 30.4 Å². The Morgan fingerprint density at radius 2 is 2.12 bits per heavy atom. The molecule has 0 spiro atoms. The van der Waals surface area contributed by atoms with Crippen LogP contribution in [-0.4, -0.2) is 61.2 Å². The second-order valence-corrected chi connectivity index (χ2v) is 8.35. The molecule has 0 bridgehead atoms. The van der Waals surface area contributed by atoms with Crippen molar-refractivity contribution in [1.82, 2.24) is 23.9 Å². The molecule has 1 fully saturated rings. The van der Waals surface area contributed by atoms with Crippen molar-refractivity contribution < 1.29 is 14.6 Å². The van der Waals surface area contributed by atoms with Gasteiger partial charge < -0.3 is 20.1 Å². The Hall–Kier alpha value is -4.06. The highest BCUT2D eigenvalue weighted by Crippen LogP contribution is 2.27. The van der Waals surface area contributed by atoms with Crippen molar-refractivity contribution in [1.29, 1.82) is 0 Å². The van der Waals surface area contributed by atoms with Gasteiger partial charge in [0.15, 0.2) is 5.65 Å². The highest BCUT2D eigenvalue weighted by atomic mass is 32.1. The maximum Gasteiger partial charge on any atom is 0.341 e. The topological polar surface area (TPSA) is 135 Å². The first-order chi connectivity index (χ1) is 15.9. The van der Waals surface area contributed by atoms with Gasteiger partial charge in [0, 0.05) is 30.8 Å². The van der Waals surface area contributed by atoms with Crippen molar-refractivity contribution in [3.05, 3.63) is 58.3 Å². The third-order valence-electron chi connectivity index (χ3n) is 5.46. The van der Waals surface area contributed by atoms with Crippen molar-refractivity contribution >= 4 is 40.2 Å². The lowest BCUT2D eigenvalue weighted by atomic mass is 10.1. The molecule has 0 aromatic carbocycles. The zero-order valence-electron chi connectivity index (χ0n) is 17.7. The van der Waals surface area contributed by atoms with Crippen molar-refractivity contribution in [2.45, 2.75) is 13.0 Å². The number of aromatic carboxylic acids is 1. The van der Waals surface area contributed by atoms with Crippen molar-refractivity contribution in [3.8, 4) is 10.9 Å². The number of nitrogens with one attached hydrogen (secondary N) is 1. The van der Waals surface area contributed by atoms with Gasteiger partial charge in [0.1, 0.15) is 29.3 Å². The molecule has 1 saturated heterocycles. The molecule has 1 aliphatic rings. The van der Waals surface area contributed by atoms with E-state index in [-0.39, 0.29) is 17.0 Å². The maximum atomic E-state index is 12.9. The first-order valence-corrected chi connectivity index (χ1v) is 10.8. The summed E-state index contributed by atoms with van der Waals surface area (Å²) in [5.41, 5.74) is 0.0960. The maximum absolute atomic E-state index is 12.9. The lowest BCUT2D eigenvalue weighted by Crippen LogP contribution is -2.55. The van der Waals surface area contributed by atoms with Crippen LogP contribution in [0.25, 0.3) is 16.2 Å². The molecule has 5 rings (SSSR count). The summed E-state index contributed by atoms with van der Waals surface area (Å²) in [5.74, 6) is 0.850. The van der Waals surface area contributed by atoms with E-state index in [2.05, 4.69) is 24.6 Å². The van der Waals surface area contributed by atoms with Gasteiger partial charge in [-0.2, -0.15) is 4.37 Å². The van der Waals surface area contributed by atoms with Crippen LogP contribution >= 0.6 is 11.5 Å².